The van der Waals surface area contributed by atoms with E-state index < -0.39 is 0 Å². The third-order valence-electron chi connectivity index (χ3n) is 2.33. The molecule has 0 bridgehead atoms. The van der Waals surface area contributed by atoms with Crippen LogP contribution in [0.2, 0.25) is 0 Å². The highest BCUT2D eigenvalue weighted by atomic mass is 15.0. The zero-order valence-corrected chi connectivity index (χ0v) is 10.8. The first kappa shape index (κ1) is 13.9. The average molecular weight is 239 g/mol. The lowest BCUT2D eigenvalue weighted by Gasteiger charge is -2.10. The highest BCUT2D eigenvalue weighted by Gasteiger charge is 1.98. The lowest BCUT2D eigenvalue weighted by atomic mass is 10.1. The number of hydrogen-bond acceptors (Lipinski definition) is 3. The van der Waals surface area contributed by atoms with Gasteiger partial charge in [0.2, 0.25) is 0 Å². The van der Waals surface area contributed by atoms with E-state index in [1.54, 1.807) is 6.21 Å². The van der Waals surface area contributed by atoms with Crippen LogP contribution < -0.4 is 0 Å². The van der Waals surface area contributed by atoms with Gasteiger partial charge in [-0.3, -0.25) is 0 Å². The Balaban J connectivity index is 2.74. The predicted octanol–water partition coefficient (Wildman–Crippen LogP) is 2.87. The van der Waals surface area contributed by atoms with E-state index in [1.807, 2.05) is 32.3 Å². The third kappa shape index (κ3) is 4.36. The zero-order chi connectivity index (χ0) is 13.5. The number of benzene rings is 1. The Hall–Kier alpha value is -2.18. The van der Waals surface area contributed by atoms with E-state index in [0.717, 1.165) is 17.7 Å². The van der Waals surface area contributed by atoms with E-state index in [9.17, 15) is 0 Å². The fourth-order valence-corrected chi connectivity index (χ4v) is 1.45. The van der Waals surface area contributed by atoms with Crippen LogP contribution in [0.3, 0.4) is 0 Å². The fraction of sp³-hybridized carbons (Fsp3) is 0.200. The molecule has 0 aliphatic rings. The standard InChI is InChI=1S/C15H17N3/c1-12(10-17-13(2)9-16)15-7-5-14(6-8-15)11-18(3)4/h5-8,10H,1-2,11H2,3-4H3. The fourth-order valence-electron chi connectivity index (χ4n) is 1.45. The van der Waals surface area contributed by atoms with Crippen molar-refractivity contribution in [1.29, 1.82) is 5.26 Å². The van der Waals surface area contributed by atoms with Gasteiger partial charge >= 0.3 is 0 Å². The highest BCUT2D eigenvalue weighted by molar-refractivity contribution is 6.09. The molecule has 3 heteroatoms. The molecule has 1 aromatic carbocycles. The van der Waals surface area contributed by atoms with Gasteiger partial charge in [-0.25, -0.2) is 4.99 Å². The molecule has 0 fully saturated rings. The van der Waals surface area contributed by atoms with Crippen LogP contribution in [0, 0.1) is 11.3 Å². The van der Waals surface area contributed by atoms with Crippen LogP contribution in [0.4, 0.5) is 0 Å². The number of allylic oxidation sites excluding steroid dienone is 2. The Labute approximate surface area is 108 Å². The van der Waals surface area contributed by atoms with Crippen LogP contribution in [-0.2, 0) is 6.54 Å². The summed E-state index contributed by atoms with van der Waals surface area (Å²) < 4.78 is 0. The molecule has 0 aliphatic heterocycles. The smallest absolute Gasteiger partial charge is 0.133 e. The SMILES string of the molecule is C=C(C#N)N=CC(=C)c1ccc(CN(C)C)cc1. The van der Waals surface area contributed by atoms with E-state index in [1.165, 1.54) is 5.56 Å². The summed E-state index contributed by atoms with van der Waals surface area (Å²) in [7, 11) is 4.07. The van der Waals surface area contributed by atoms with E-state index in [0.29, 0.717) is 0 Å². The number of hydrogen-bond donors (Lipinski definition) is 0. The number of nitrogens with zero attached hydrogens (tertiary/aromatic N) is 3. The van der Waals surface area contributed by atoms with Crippen molar-refractivity contribution >= 4 is 11.8 Å². The molecule has 18 heavy (non-hydrogen) atoms. The average Bonchev–Trinajstić information content (AvgIpc) is 2.35. The molecule has 1 aromatic rings. The summed E-state index contributed by atoms with van der Waals surface area (Å²) >= 11 is 0. The molecule has 0 N–H and O–H groups in total. The second-order valence-electron chi connectivity index (χ2n) is 4.28. The highest BCUT2D eigenvalue weighted by Crippen LogP contribution is 2.13. The first-order chi connectivity index (χ1) is 8.52. The molecule has 0 atom stereocenters. The van der Waals surface area contributed by atoms with Crippen LogP contribution in [0.15, 0.2) is 48.1 Å². The molecule has 0 saturated carbocycles. The van der Waals surface area contributed by atoms with Crippen molar-refractivity contribution in [2.45, 2.75) is 6.54 Å². The molecular formula is C15H17N3. The summed E-state index contributed by atoms with van der Waals surface area (Å²) in [6, 6.07) is 9.99. The Morgan fingerprint density at radius 3 is 2.44 bits per heavy atom. The Kier molecular flexibility index (Phi) is 5.04. The van der Waals surface area contributed by atoms with Crippen LogP contribution in [0.25, 0.3) is 5.57 Å². The van der Waals surface area contributed by atoms with Crippen LogP contribution in [0.5, 0.6) is 0 Å². The van der Waals surface area contributed by atoms with Crippen molar-refractivity contribution in [2.75, 3.05) is 14.1 Å². The molecule has 0 heterocycles. The minimum atomic E-state index is 0.181. The van der Waals surface area contributed by atoms with Crippen molar-refractivity contribution < 1.29 is 0 Å². The molecule has 0 radical (unpaired) electrons. The van der Waals surface area contributed by atoms with Gasteiger partial charge in [0.05, 0.1) is 0 Å². The van der Waals surface area contributed by atoms with Gasteiger partial charge in [0, 0.05) is 12.8 Å². The van der Waals surface area contributed by atoms with Crippen LogP contribution in [-0.4, -0.2) is 25.2 Å². The molecular weight excluding hydrogens is 222 g/mol. The van der Waals surface area contributed by atoms with Gasteiger partial charge in [-0.05, 0) is 30.8 Å². The van der Waals surface area contributed by atoms with E-state index >= 15 is 0 Å². The van der Waals surface area contributed by atoms with Crippen LogP contribution in [0.1, 0.15) is 11.1 Å². The largest absolute Gasteiger partial charge is 0.305 e. The van der Waals surface area contributed by atoms with E-state index in [2.05, 4.69) is 35.2 Å². The normalized spacial score (nSPS) is 10.6. The second-order valence-corrected chi connectivity index (χ2v) is 4.28. The van der Waals surface area contributed by atoms with Crippen LogP contribution >= 0.6 is 0 Å². The zero-order valence-electron chi connectivity index (χ0n) is 10.8. The summed E-state index contributed by atoms with van der Waals surface area (Å²) in [5.74, 6) is 0. The van der Waals surface area contributed by atoms with Gasteiger partial charge in [-0.2, -0.15) is 5.26 Å². The maximum absolute atomic E-state index is 8.54. The molecule has 92 valence electrons. The Morgan fingerprint density at radius 1 is 1.33 bits per heavy atom. The molecule has 0 unspecified atom stereocenters. The van der Waals surface area contributed by atoms with Gasteiger partial charge < -0.3 is 4.90 Å². The summed E-state index contributed by atoms with van der Waals surface area (Å²) in [4.78, 5) is 6.01. The lowest BCUT2D eigenvalue weighted by Crippen LogP contribution is -2.10. The van der Waals surface area contributed by atoms with Gasteiger partial charge in [-0.15, -0.1) is 0 Å². The number of aliphatic imine (C=N–C) groups is 1. The maximum atomic E-state index is 8.54. The lowest BCUT2D eigenvalue weighted by molar-refractivity contribution is 0.402. The second kappa shape index (κ2) is 6.53. The first-order valence-electron chi connectivity index (χ1n) is 5.59. The van der Waals surface area contributed by atoms with Crippen molar-refractivity contribution in [3.63, 3.8) is 0 Å². The summed E-state index contributed by atoms with van der Waals surface area (Å²) in [5.41, 5.74) is 3.19. The van der Waals surface area contributed by atoms with Crippen molar-refractivity contribution in [1.82, 2.24) is 4.90 Å². The molecule has 0 saturated heterocycles. The molecule has 0 amide bonds. The molecule has 0 aromatic heterocycles. The third-order valence-corrected chi connectivity index (χ3v) is 2.33. The number of nitriles is 1. The Morgan fingerprint density at radius 2 is 1.94 bits per heavy atom. The molecule has 3 nitrogen and oxygen atoms in total. The van der Waals surface area contributed by atoms with Gasteiger partial charge in [-0.1, -0.05) is 37.4 Å². The maximum Gasteiger partial charge on any atom is 0.133 e. The Bertz CT molecular complexity index is 502. The van der Waals surface area contributed by atoms with Gasteiger partial charge in [0.25, 0.3) is 0 Å². The van der Waals surface area contributed by atoms with Gasteiger partial charge in [0.15, 0.2) is 0 Å². The quantitative estimate of drug-likeness (QED) is 0.585. The summed E-state index contributed by atoms with van der Waals surface area (Å²) in [6.07, 6.45) is 1.56. The predicted molar refractivity (Wildman–Crippen MR) is 76.1 cm³/mol. The molecule has 0 aliphatic carbocycles. The first-order valence-corrected chi connectivity index (χ1v) is 5.59. The van der Waals surface area contributed by atoms with Crippen molar-refractivity contribution in [2.24, 2.45) is 4.99 Å². The monoisotopic (exact) mass is 239 g/mol. The molecule has 0 spiro atoms. The minimum absolute atomic E-state index is 0.181. The van der Waals surface area contributed by atoms with Crippen molar-refractivity contribution in [3.05, 3.63) is 54.2 Å². The molecule has 1 rings (SSSR count). The van der Waals surface area contributed by atoms with Gasteiger partial charge in [0.1, 0.15) is 11.8 Å². The minimum Gasteiger partial charge on any atom is -0.305 e. The number of rotatable bonds is 5. The summed E-state index contributed by atoms with van der Waals surface area (Å²) in [6.45, 7) is 8.30. The van der Waals surface area contributed by atoms with E-state index in [-0.39, 0.29) is 5.70 Å². The topological polar surface area (TPSA) is 39.4 Å². The van der Waals surface area contributed by atoms with Crippen molar-refractivity contribution in [3.8, 4) is 6.07 Å². The summed E-state index contributed by atoms with van der Waals surface area (Å²) in [5, 5.41) is 8.54. The van der Waals surface area contributed by atoms with E-state index in [4.69, 9.17) is 5.26 Å².